The molecule has 0 unspecified atom stereocenters. The summed E-state index contributed by atoms with van der Waals surface area (Å²) in [7, 11) is 0. The van der Waals surface area contributed by atoms with Gasteiger partial charge in [-0.2, -0.15) is 0 Å². The van der Waals surface area contributed by atoms with Gasteiger partial charge in [-0.05, 0) is 20.8 Å². The molecule has 0 aliphatic rings. The van der Waals surface area contributed by atoms with Crippen molar-refractivity contribution in [1.82, 2.24) is 4.98 Å². The van der Waals surface area contributed by atoms with Gasteiger partial charge in [0.2, 0.25) is 0 Å². The van der Waals surface area contributed by atoms with Crippen molar-refractivity contribution >= 4 is 34.2 Å². The average molecular weight is 246 g/mol. The van der Waals surface area contributed by atoms with Gasteiger partial charge in [0.05, 0.1) is 17.0 Å². The Balaban J connectivity index is 2.67. The van der Waals surface area contributed by atoms with Crippen molar-refractivity contribution in [2.45, 2.75) is 29.7 Å². The lowest BCUT2D eigenvalue weighted by Crippen LogP contribution is -2.29. The van der Waals surface area contributed by atoms with Crippen molar-refractivity contribution in [2.24, 2.45) is 0 Å². The molecule has 0 radical (unpaired) electrons. The van der Waals surface area contributed by atoms with Gasteiger partial charge in [-0.3, -0.25) is 4.79 Å². The summed E-state index contributed by atoms with van der Waals surface area (Å²) in [5, 5.41) is 0.511. The van der Waals surface area contributed by atoms with Crippen LogP contribution in [0.5, 0.6) is 0 Å². The van der Waals surface area contributed by atoms with Crippen LogP contribution in [0.3, 0.4) is 0 Å². The normalized spacial score (nSPS) is 11.4. The Morgan fingerprint density at radius 2 is 2.40 bits per heavy atom. The van der Waals surface area contributed by atoms with E-state index in [0.717, 1.165) is 4.21 Å². The summed E-state index contributed by atoms with van der Waals surface area (Å²) in [6, 6.07) is 0. The minimum Gasteiger partial charge on any atom is -0.465 e. The van der Waals surface area contributed by atoms with Crippen molar-refractivity contribution < 1.29 is 9.53 Å². The second kappa shape index (κ2) is 4.85. The topological polar surface area (TPSA) is 65.2 Å². The van der Waals surface area contributed by atoms with Gasteiger partial charge in [-0.15, -0.1) is 0 Å². The molecule has 2 N–H and O–H groups in total. The first-order chi connectivity index (χ1) is 6.95. The molecule has 0 aliphatic carbocycles. The fourth-order valence-electron chi connectivity index (χ4n) is 0.917. The Morgan fingerprint density at radius 3 is 2.87 bits per heavy atom. The fourth-order valence-corrected chi connectivity index (χ4v) is 3.13. The molecule has 0 aliphatic heterocycles. The molecule has 1 heterocycles. The zero-order valence-corrected chi connectivity index (χ0v) is 10.6. The Morgan fingerprint density at radius 1 is 1.73 bits per heavy atom. The van der Waals surface area contributed by atoms with Crippen LogP contribution < -0.4 is 5.73 Å². The Bertz CT molecular complexity index is 350. The van der Waals surface area contributed by atoms with Gasteiger partial charge in [-0.1, -0.05) is 23.1 Å². The van der Waals surface area contributed by atoms with E-state index >= 15 is 0 Å². The molecular formula is C9H14N2O2S2. The standard InChI is InChI=1S/C9H14N2O2S2/c1-4-13-7(12)9(2,3)15-6-5-11-8(10)14-6/h5H,4H2,1-3H3,(H2,10,11). The number of carbonyl (C=O) groups is 1. The number of aromatic nitrogens is 1. The van der Waals surface area contributed by atoms with E-state index < -0.39 is 4.75 Å². The lowest BCUT2D eigenvalue weighted by molar-refractivity contribution is -0.145. The predicted molar refractivity (Wildman–Crippen MR) is 63.1 cm³/mol. The van der Waals surface area contributed by atoms with E-state index in [1.165, 1.54) is 23.1 Å². The molecule has 15 heavy (non-hydrogen) atoms. The molecule has 4 nitrogen and oxygen atoms in total. The monoisotopic (exact) mass is 246 g/mol. The summed E-state index contributed by atoms with van der Waals surface area (Å²) in [6.07, 6.45) is 1.67. The first-order valence-electron chi connectivity index (χ1n) is 4.53. The first kappa shape index (κ1) is 12.3. The maximum Gasteiger partial charge on any atom is 0.322 e. The summed E-state index contributed by atoms with van der Waals surface area (Å²) in [5.74, 6) is -0.220. The lowest BCUT2D eigenvalue weighted by Gasteiger charge is -2.20. The zero-order chi connectivity index (χ0) is 11.5. The minimum absolute atomic E-state index is 0.220. The number of hydrogen-bond acceptors (Lipinski definition) is 6. The number of rotatable bonds is 4. The van der Waals surface area contributed by atoms with E-state index in [1.54, 1.807) is 13.1 Å². The van der Waals surface area contributed by atoms with Crippen LogP contribution in [0.15, 0.2) is 10.4 Å². The number of nitrogens with zero attached hydrogens (tertiary/aromatic N) is 1. The molecule has 0 bridgehead atoms. The molecule has 84 valence electrons. The van der Waals surface area contributed by atoms with Crippen molar-refractivity contribution in [2.75, 3.05) is 12.3 Å². The maximum absolute atomic E-state index is 11.6. The van der Waals surface area contributed by atoms with E-state index in [9.17, 15) is 4.79 Å². The highest BCUT2D eigenvalue weighted by molar-refractivity contribution is 8.03. The third kappa shape index (κ3) is 3.39. The smallest absolute Gasteiger partial charge is 0.322 e. The highest BCUT2D eigenvalue weighted by Gasteiger charge is 2.31. The quantitative estimate of drug-likeness (QED) is 0.651. The summed E-state index contributed by atoms with van der Waals surface area (Å²) < 4.78 is 5.30. The molecule has 0 atom stereocenters. The van der Waals surface area contributed by atoms with Crippen LogP contribution in [0.1, 0.15) is 20.8 Å². The molecule has 0 saturated heterocycles. The minimum atomic E-state index is -0.602. The van der Waals surface area contributed by atoms with Crippen LogP contribution in [0.4, 0.5) is 5.13 Å². The van der Waals surface area contributed by atoms with Gasteiger partial charge in [0.15, 0.2) is 5.13 Å². The van der Waals surface area contributed by atoms with Gasteiger partial charge in [0, 0.05) is 0 Å². The molecular weight excluding hydrogens is 232 g/mol. The first-order valence-corrected chi connectivity index (χ1v) is 6.16. The number of thiazole rings is 1. The molecule has 0 saturated carbocycles. The zero-order valence-electron chi connectivity index (χ0n) is 8.94. The second-order valence-electron chi connectivity index (χ2n) is 3.35. The lowest BCUT2D eigenvalue weighted by atomic mass is 10.2. The van der Waals surface area contributed by atoms with Crippen molar-refractivity contribution in [3.63, 3.8) is 0 Å². The number of esters is 1. The highest BCUT2D eigenvalue weighted by atomic mass is 32.2. The van der Waals surface area contributed by atoms with E-state index in [-0.39, 0.29) is 5.97 Å². The number of carbonyl (C=O) groups excluding carboxylic acids is 1. The second-order valence-corrected chi connectivity index (χ2v) is 6.34. The molecule has 1 rings (SSSR count). The average Bonchev–Trinajstić information content (AvgIpc) is 2.50. The maximum atomic E-state index is 11.6. The summed E-state index contributed by atoms with van der Waals surface area (Å²) in [4.78, 5) is 15.5. The van der Waals surface area contributed by atoms with Crippen LogP contribution in [0, 0.1) is 0 Å². The Labute approximate surface area is 97.2 Å². The van der Waals surface area contributed by atoms with Crippen molar-refractivity contribution in [3.8, 4) is 0 Å². The summed E-state index contributed by atoms with van der Waals surface area (Å²) in [5.41, 5.74) is 5.51. The number of nitrogens with two attached hydrogens (primary N) is 1. The van der Waals surface area contributed by atoms with Gasteiger partial charge in [0.25, 0.3) is 0 Å². The molecule has 1 aromatic rings. The van der Waals surface area contributed by atoms with Gasteiger partial charge in [-0.25, -0.2) is 4.98 Å². The SMILES string of the molecule is CCOC(=O)C(C)(C)Sc1cnc(N)s1. The molecule has 1 aromatic heterocycles. The summed E-state index contributed by atoms with van der Waals surface area (Å²) >= 11 is 2.79. The molecule has 0 spiro atoms. The van der Waals surface area contributed by atoms with Gasteiger partial charge >= 0.3 is 5.97 Å². The van der Waals surface area contributed by atoms with Crippen LogP contribution in [0.25, 0.3) is 0 Å². The predicted octanol–water partition coefficient (Wildman–Crippen LogP) is 2.16. The Kier molecular flexibility index (Phi) is 3.98. The number of nitrogen functional groups attached to an aromatic ring is 1. The van der Waals surface area contributed by atoms with Crippen molar-refractivity contribution in [1.29, 1.82) is 0 Å². The van der Waals surface area contributed by atoms with Crippen molar-refractivity contribution in [3.05, 3.63) is 6.20 Å². The third-order valence-corrected chi connectivity index (χ3v) is 3.73. The molecule has 0 aromatic carbocycles. The fraction of sp³-hybridized carbons (Fsp3) is 0.556. The van der Waals surface area contributed by atoms with E-state index in [4.69, 9.17) is 10.5 Å². The van der Waals surface area contributed by atoms with Gasteiger partial charge < -0.3 is 10.5 Å². The van der Waals surface area contributed by atoms with Crippen LogP contribution in [-0.2, 0) is 9.53 Å². The highest BCUT2D eigenvalue weighted by Crippen LogP contribution is 2.37. The third-order valence-electron chi connectivity index (χ3n) is 1.63. The molecule has 0 amide bonds. The molecule has 6 heteroatoms. The number of anilines is 1. The van der Waals surface area contributed by atoms with Crippen LogP contribution in [0.2, 0.25) is 0 Å². The van der Waals surface area contributed by atoms with Gasteiger partial charge in [0.1, 0.15) is 4.75 Å². The number of ether oxygens (including phenoxy) is 1. The van der Waals surface area contributed by atoms with Crippen LogP contribution in [-0.4, -0.2) is 22.3 Å². The van der Waals surface area contributed by atoms with Crippen LogP contribution >= 0.6 is 23.1 Å². The number of thioether (sulfide) groups is 1. The van der Waals surface area contributed by atoms with E-state index in [2.05, 4.69) is 4.98 Å². The van der Waals surface area contributed by atoms with E-state index in [1.807, 2.05) is 13.8 Å². The van der Waals surface area contributed by atoms with E-state index in [0.29, 0.717) is 11.7 Å². The largest absolute Gasteiger partial charge is 0.465 e. The Hall–Kier alpha value is -0.750. The summed E-state index contributed by atoms with van der Waals surface area (Å²) in [6.45, 7) is 5.84. The number of hydrogen-bond donors (Lipinski definition) is 1. The molecule has 0 fully saturated rings.